The van der Waals surface area contributed by atoms with Gasteiger partial charge in [-0.2, -0.15) is 4.31 Å². The predicted molar refractivity (Wildman–Crippen MR) is 111 cm³/mol. The zero-order valence-corrected chi connectivity index (χ0v) is 17.9. The summed E-state index contributed by atoms with van der Waals surface area (Å²) in [4.78, 5) is 12.9. The number of carbonyl (C=O) groups is 1. The predicted octanol–water partition coefficient (Wildman–Crippen LogP) is 4.23. The molecule has 0 radical (unpaired) electrons. The van der Waals surface area contributed by atoms with Crippen molar-refractivity contribution in [1.29, 1.82) is 0 Å². The molecule has 150 valence electrons. The van der Waals surface area contributed by atoms with Gasteiger partial charge in [0.15, 0.2) is 0 Å². The van der Waals surface area contributed by atoms with Gasteiger partial charge in [0.25, 0.3) is 5.91 Å². The fourth-order valence-corrected chi connectivity index (χ4v) is 5.33. The van der Waals surface area contributed by atoms with Crippen LogP contribution in [0.15, 0.2) is 41.3 Å². The van der Waals surface area contributed by atoms with E-state index in [-0.39, 0.29) is 21.5 Å². The molecule has 0 saturated carbocycles. The smallest absolute Gasteiger partial charge is 0.253 e. The average Bonchev–Trinajstić information content (AvgIpc) is 3.17. The average molecular weight is 421 g/mol. The van der Waals surface area contributed by atoms with E-state index in [2.05, 4.69) is 11.4 Å². The van der Waals surface area contributed by atoms with Gasteiger partial charge in [0.2, 0.25) is 10.0 Å². The molecule has 1 N–H and O–H groups in total. The first kappa shape index (κ1) is 20.8. The highest BCUT2D eigenvalue weighted by atomic mass is 35.5. The van der Waals surface area contributed by atoms with Crippen molar-refractivity contribution in [2.75, 3.05) is 13.1 Å². The zero-order valence-electron chi connectivity index (χ0n) is 16.3. The molecule has 0 bridgehead atoms. The highest BCUT2D eigenvalue weighted by Crippen LogP contribution is 2.26. The SMILES string of the molecule is Cc1ccc([C@H](C)NC(=O)c2cc(S(=O)(=O)N3CCCC3)ccc2Cl)c(C)c1. The number of sulfonamides is 1. The van der Waals surface area contributed by atoms with Gasteiger partial charge in [0, 0.05) is 13.1 Å². The van der Waals surface area contributed by atoms with Crippen LogP contribution in [0.4, 0.5) is 0 Å². The van der Waals surface area contributed by atoms with Crippen LogP contribution in [0.1, 0.15) is 52.9 Å². The maximum Gasteiger partial charge on any atom is 0.253 e. The Balaban J connectivity index is 1.85. The fraction of sp³-hybridized carbons (Fsp3) is 0.381. The van der Waals surface area contributed by atoms with Crippen LogP contribution in [0.25, 0.3) is 0 Å². The number of aryl methyl sites for hydroxylation is 2. The second-order valence-electron chi connectivity index (χ2n) is 7.31. The lowest BCUT2D eigenvalue weighted by Gasteiger charge is -2.19. The van der Waals surface area contributed by atoms with Gasteiger partial charge in [-0.25, -0.2) is 8.42 Å². The quantitative estimate of drug-likeness (QED) is 0.786. The Morgan fingerprint density at radius 2 is 1.79 bits per heavy atom. The minimum absolute atomic E-state index is 0.100. The molecular formula is C21H25ClN2O3S. The molecule has 1 amide bonds. The van der Waals surface area contributed by atoms with Crippen molar-refractivity contribution >= 4 is 27.5 Å². The van der Waals surface area contributed by atoms with Crippen molar-refractivity contribution in [3.05, 3.63) is 63.7 Å². The number of rotatable bonds is 5. The van der Waals surface area contributed by atoms with Crippen LogP contribution in [0, 0.1) is 13.8 Å². The number of benzene rings is 2. The Labute approximate surface area is 171 Å². The van der Waals surface area contributed by atoms with E-state index in [9.17, 15) is 13.2 Å². The summed E-state index contributed by atoms with van der Waals surface area (Å²) in [7, 11) is -3.61. The molecule has 1 aliphatic rings. The van der Waals surface area contributed by atoms with E-state index in [1.54, 1.807) is 0 Å². The minimum atomic E-state index is -3.61. The van der Waals surface area contributed by atoms with E-state index in [1.165, 1.54) is 22.5 Å². The second-order valence-corrected chi connectivity index (χ2v) is 9.65. The number of hydrogen-bond donors (Lipinski definition) is 1. The van der Waals surface area contributed by atoms with Crippen molar-refractivity contribution < 1.29 is 13.2 Å². The molecule has 1 atom stereocenters. The van der Waals surface area contributed by atoms with E-state index in [0.717, 1.165) is 29.5 Å². The van der Waals surface area contributed by atoms with Gasteiger partial charge in [0.1, 0.15) is 0 Å². The van der Waals surface area contributed by atoms with Crippen LogP contribution < -0.4 is 5.32 Å². The molecule has 1 saturated heterocycles. The lowest BCUT2D eigenvalue weighted by Crippen LogP contribution is -2.29. The number of amides is 1. The molecule has 0 spiro atoms. The van der Waals surface area contributed by atoms with Gasteiger partial charge >= 0.3 is 0 Å². The van der Waals surface area contributed by atoms with E-state index < -0.39 is 15.9 Å². The first-order valence-electron chi connectivity index (χ1n) is 9.38. The summed E-state index contributed by atoms with van der Waals surface area (Å²) in [5.74, 6) is -0.393. The van der Waals surface area contributed by atoms with Gasteiger partial charge in [0.05, 0.1) is 21.5 Å². The molecule has 2 aromatic rings. The molecule has 0 aliphatic carbocycles. The zero-order chi connectivity index (χ0) is 20.5. The highest BCUT2D eigenvalue weighted by molar-refractivity contribution is 7.89. The van der Waals surface area contributed by atoms with Crippen LogP contribution in [-0.2, 0) is 10.0 Å². The summed E-state index contributed by atoms with van der Waals surface area (Å²) < 4.78 is 27.0. The van der Waals surface area contributed by atoms with Crippen LogP contribution in [0.3, 0.4) is 0 Å². The molecule has 28 heavy (non-hydrogen) atoms. The highest BCUT2D eigenvalue weighted by Gasteiger charge is 2.28. The van der Waals surface area contributed by atoms with Crippen molar-refractivity contribution in [2.24, 2.45) is 0 Å². The summed E-state index contributed by atoms with van der Waals surface area (Å²) in [5.41, 5.74) is 3.42. The summed E-state index contributed by atoms with van der Waals surface area (Å²) in [6.45, 7) is 6.94. The molecule has 0 aromatic heterocycles. The summed E-state index contributed by atoms with van der Waals surface area (Å²) in [6, 6.07) is 10.1. The Morgan fingerprint density at radius 1 is 1.11 bits per heavy atom. The molecule has 0 unspecified atom stereocenters. The molecule has 1 fully saturated rings. The summed E-state index contributed by atoms with van der Waals surface area (Å²) in [5, 5.41) is 3.16. The van der Waals surface area contributed by atoms with Crippen LogP contribution in [0.5, 0.6) is 0 Å². The minimum Gasteiger partial charge on any atom is -0.345 e. The maximum atomic E-state index is 12.8. The van der Waals surface area contributed by atoms with E-state index >= 15 is 0 Å². The Hall–Kier alpha value is -1.89. The molecule has 7 heteroatoms. The topological polar surface area (TPSA) is 66.5 Å². The first-order chi connectivity index (χ1) is 13.2. The van der Waals surface area contributed by atoms with Crippen LogP contribution in [-0.4, -0.2) is 31.7 Å². The summed E-state index contributed by atoms with van der Waals surface area (Å²) in [6.07, 6.45) is 1.71. The van der Waals surface area contributed by atoms with E-state index in [4.69, 9.17) is 11.6 Å². The maximum absolute atomic E-state index is 12.8. The third kappa shape index (κ3) is 4.24. The third-order valence-corrected chi connectivity index (χ3v) is 7.35. The number of carbonyl (C=O) groups excluding carboxylic acids is 1. The fourth-order valence-electron chi connectivity index (χ4n) is 3.58. The standard InChI is InChI=1S/C21H25ClN2O3S/c1-14-6-8-18(15(2)12-14)16(3)23-21(25)19-13-17(7-9-20(19)22)28(26,27)24-10-4-5-11-24/h6-9,12-13,16H,4-5,10-11H2,1-3H3,(H,23,25)/t16-/m0/s1. The monoisotopic (exact) mass is 420 g/mol. The van der Waals surface area contributed by atoms with E-state index in [1.807, 2.05) is 32.9 Å². The van der Waals surface area contributed by atoms with E-state index in [0.29, 0.717) is 13.1 Å². The first-order valence-corrected chi connectivity index (χ1v) is 11.2. The number of nitrogens with zero attached hydrogens (tertiary/aromatic N) is 1. The molecule has 1 heterocycles. The van der Waals surface area contributed by atoms with Gasteiger partial charge in [-0.1, -0.05) is 35.4 Å². The molecular weight excluding hydrogens is 396 g/mol. The summed E-state index contributed by atoms with van der Waals surface area (Å²) >= 11 is 6.21. The third-order valence-electron chi connectivity index (χ3n) is 5.12. The lowest BCUT2D eigenvalue weighted by atomic mass is 10.00. The van der Waals surface area contributed by atoms with Crippen LogP contribution >= 0.6 is 11.6 Å². The van der Waals surface area contributed by atoms with Crippen molar-refractivity contribution in [2.45, 2.75) is 44.6 Å². The Bertz CT molecular complexity index is 999. The molecule has 5 nitrogen and oxygen atoms in total. The number of halogens is 1. The second kappa shape index (κ2) is 8.23. The normalized spacial score (nSPS) is 16.1. The molecule has 2 aromatic carbocycles. The van der Waals surface area contributed by atoms with Crippen molar-refractivity contribution in [1.82, 2.24) is 9.62 Å². The number of hydrogen-bond acceptors (Lipinski definition) is 3. The van der Waals surface area contributed by atoms with Gasteiger partial charge in [-0.15, -0.1) is 0 Å². The van der Waals surface area contributed by atoms with Gasteiger partial charge in [-0.05, 0) is 62.9 Å². The van der Waals surface area contributed by atoms with Crippen LogP contribution in [0.2, 0.25) is 5.02 Å². The molecule has 1 aliphatic heterocycles. The Kier molecular flexibility index (Phi) is 6.12. The van der Waals surface area contributed by atoms with Crippen molar-refractivity contribution in [3.63, 3.8) is 0 Å². The number of nitrogens with one attached hydrogen (secondary N) is 1. The largest absolute Gasteiger partial charge is 0.345 e. The Morgan fingerprint density at radius 3 is 2.43 bits per heavy atom. The van der Waals surface area contributed by atoms with Gasteiger partial charge < -0.3 is 5.32 Å². The molecule has 3 rings (SSSR count). The van der Waals surface area contributed by atoms with Crippen molar-refractivity contribution in [3.8, 4) is 0 Å². The van der Waals surface area contributed by atoms with Gasteiger partial charge in [-0.3, -0.25) is 4.79 Å². The lowest BCUT2D eigenvalue weighted by molar-refractivity contribution is 0.0939.